The van der Waals surface area contributed by atoms with Crippen LogP contribution in [0.25, 0.3) is 11.4 Å². The highest BCUT2D eigenvalue weighted by atomic mass is 35.5. The first-order chi connectivity index (χ1) is 16.6. The van der Waals surface area contributed by atoms with Crippen molar-refractivity contribution in [2.45, 2.75) is 38.5 Å². The number of rotatable bonds is 10. The number of halogens is 1. The minimum atomic E-state index is 0.00892. The predicted octanol–water partition coefficient (Wildman–Crippen LogP) is 5.35. The number of benzene rings is 2. The van der Waals surface area contributed by atoms with Crippen molar-refractivity contribution in [1.82, 2.24) is 20.4 Å². The minimum Gasteiger partial charge on any atom is -0.356 e. The van der Waals surface area contributed by atoms with Crippen LogP contribution in [0.5, 0.6) is 0 Å². The first kappa shape index (κ1) is 24.8. The minimum absolute atomic E-state index is 0.00892. The first-order valence-electron chi connectivity index (χ1n) is 11.8. The molecule has 1 unspecified atom stereocenters. The fourth-order valence-electron chi connectivity index (χ4n) is 4.13. The van der Waals surface area contributed by atoms with Crippen molar-refractivity contribution in [3.8, 4) is 11.4 Å². The van der Waals surface area contributed by atoms with Gasteiger partial charge in [-0.15, -0.1) is 0 Å². The van der Waals surface area contributed by atoms with E-state index in [9.17, 15) is 4.79 Å². The molecule has 1 saturated heterocycles. The maximum Gasteiger partial charge on any atom is 0.241 e. The lowest BCUT2D eigenvalue weighted by atomic mass is 9.97. The number of nitrogens with zero attached hydrogens (tertiary/aromatic N) is 3. The van der Waals surface area contributed by atoms with E-state index < -0.39 is 0 Å². The highest BCUT2D eigenvalue weighted by Crippen LogP contribution is 2.21. The van der Waals surface area contributed by atoms with Crippen LogP contribution in [0.4, 0.5) is 0 Å². The number of nitrogens with one attached hydrogen (secondary N) is 1. The zero-order chi connectivity index (χ0) is 23.8. The normalized spacial score (nSPS) is 16.5. The molecular formula is C26H31ClN4O2S. The maximum atomic E-state index is 12.7. The molecule has 1 aliphatic rings. The molecule has 8 heteroatoms. The van der Waals surface area contributed by atoms with Gasteiger partial charge in [0.1, 0.15) is 0 Å². The number of hydrogen-bond donors (Lipinski definition) is 1. The largest absolute Gasteiger partial charge is 0.356 e. The van der Waals surface area contributed by atoms with Gasteiger partial charge in [0.15, 0.2) is 0 Å². The molecule has 0 bridgehead atoms. The zero-order valence-electron chi connectivity index (χ0n) is 19.5. The van der Waals surface area contributed by atoms with E-state index in [4.69, 9.17) is 16.1 Å². The summed E-state index contributed by atoms with van der Waals surface area (Å²) in [5.74, 6) is 3.34. The van der Waals surface area contributed by atoms with Crippen molar-refractivity contribution in [1.29, 1.82) is 0 Å². The van der Waals surface area contributed by atoms with E-state index in [0.717, 1.165) is 60.0 Å². The van der Waals surface area contributed by atoms with Crippen LogP contribution in [-0.4, -0.2) is 46.3 Å². The summed E-state index contributed by atoms with van der Waals surface area (Å²) in [5.41, 5.74) is 3.39. The number of piperidine rings is 1. The van der Waals surface area contributed by atoms with Gasteiger partial charge >= 0.3 is 0 Å². The van der Waals surface area contributed by atoms with Crippen molar-refractivity contribution in [3.63, 3.8) is 0 Å². The van der Waals surface area contributed by atoms with Gasteiger partial charge in [0, 0.05) is 29.4 Å². The highest BCUT2D eigenvalue weighted by molar-refractivity contribution is 7.98. The van der Waals surface area contributed by atoms with Crippen molar-refractivity contribution >= 4 is 29.3 Å². The Morgan fingerprint density at radius 1 is 1.26 bits per heavy atom. The summed E-state index contributed by atoms with van der Waals surface area (Å²) >= 11 is 7.80. The summed E-state index contributed by atoms with van der Waals surface area (Å²) in [7, 11) is 0. The van der Waals surface area contributed by atoms with Gasteiger partial charge in [-0.25, -0.2) is 0 Å². The van der Waals surface area contributed by atoms with Gasteiger partial charge < -0.3 is 9.84 Å². The monoisotopic (exact) mass is 498 g/mol. The van der Waals surface area contributed by atoms with Gasteiger partial charge in [-0.05, 0) is 62.2 Å². The number of aromatic nitrogens is 2. The Morgan fingerprint density at radius 2 is 2.12 bits per heavy atom. The third-order valence-electron chi connectivity index (χ3n) is 5.93. The Hall–Kier alpha value is -2.35. The second-order valence-electron chi connectivity index (χ2n) is 8.78. The van der Waals surface area contributed by atoms with Crippen LogP contribution < -0.4 is 5.32 Å². The zero-order valence-corrected chi connectivity index (χ0v) is 21.1. The molecule has 180 valence electrons. The lowest BCUT2D eigenvalue weighted by molar-refractivity contribution is -0.126. The van der Waals surface area contributed by atoms with Crippen molar-refractivity contribution in [2.75, 3.05) is 25.4 Å². The van der Waals surface area contributed by atoms with Crippen molar-refractivity contribution < 1.29 is 9.32 Å². The predicted molar refractivity (Wildman–Crippen MR) is 138 cm³/mol. The lowest BCUT2D eigenvalue weighted by Crippen LogP contribution is -2.43. The number of amides is 1. The molecule has 0 aliphatic carbocycles. The molecule has 34 heavy (non-hydrogen) atoms. The van der Waals surface area contributed by atoms with Gasteiger partial charge in [0.25, 0.3) is 0 Å². The van der Waals surface area contributed by atoms with Crippen LogP contribution in [0.3, 0.4) is 0 Å². The summed E-state index contributed by atoms with van der Waals surface area (Å²) in [6.07, 6.45) is 2.88. The summed E-state index contributed by atoms with van der Waals surface area (Å²) in [6, 6.07) is 16.0. The Labute approximate surface area is 210 Å². The number of carbonyl (C=O) groups excluding carboxylic acids is 1. The molecule has 1 N–H and O–H groups in total. The smallest absolute Gasteiger partial charge is 0.241 e. The maximum absolute atomic E-state index is 12.7. The number of carbonyl (C=O) groups is 1. The molecule has 1 amide bonds. The third-order valence-corrected chi connectivity index (χ3v) is 7.29. The quantitative estimate of drug-likeness (QED) is 0.380. The third kappa shape index (κ3) is 7.32. The topological polar surface area (TPSA) is 71.3 Å². The van der Waals surface area contributed by atoms with Crippen molar-refractivity contribution in [3.05, 3.63) is 70.6 Å². The van der Waals surface area contributed by atoms with Gasteiger partial charge in [-0.2, -0.15) is 16.7 Å². The van der Waals surface area contributed by atoms with E-state index in [1.54, 1.807) is 0 Å². The summed E-state index contributed by atoms with van der Waals surface area (Å²) in [4.78, 5) is 19.5. The standard InChI is InChI=1S/C26H31ClN4O2S/c1-19-5-2-6-21(15-19)25-29-24(33-30-25)17-31-13-3-7-22(16-31)26(32)28-12-4-14-34-18-20-8-10-23(27)11-9-20/h2,5-6,8-11,15,22H,3-4,7,12-14,16-18H2,1H3,(H,28,32). The Morgan fingerprint density at radius 3 is 2.94 bits per heavy atom. The molecule has 6 nitrogen and oxygen atoms in total. The molecule has 2 aromatic carbocycles. The fraction of sp³-hybridized carbons (Fsp3) is 0.423. The van der Waals surface area contributed by atoms with Crippen LogP contribution in [0.1, 0.15) is 36.3 Å². The fourth-order valence-corrected chi connectivity index (χ4v) is 5.17. The molecule has 3 aromatic rings. The molecule has 0 saturated carbocycles. The van der Waals surface area contributed by atoms with Crippen LogP contribution in [-0.2, 0) is 17.1 Å². The summed E-state index contributed by atoms with van der Waals surface area (Å²) < 4.78 is 5.49. The van der Waals surface area contributed by atoms with Crippen LogP contribution in [0.15, 0.2) is 53.1 Å². The van der Waals surface area contributed by atoms with Crippen LogP contribution in [0.2, 0.25) is 5.02 Å². The van der Waals surface area contributed by atoms with Gasteiger partial charge in [0.2, 0.25) is 17.6 Å². The van der Waals surface area contributed by atoms with Crippen molar-refractivity contribution in [2.24, 2.45) is 5.92 Å². The SMILES string of the molecule is Cc1cccc(-c2noc(CN3CCCC(C(=O)NCCCSCc4ccc(Cl)cc4)C3)n2)c1. The van der Waals surface area contributed by atoms with Gasteiger partial charge in [0.05, 0.1) is 12.5 Å². The summed E-state index contributed by atoms with van der Waals surface area (Å²) in [6.45, 7) is 4.99. The van der Waals surface area contributed by atoms with E-state index in [0.29, 0.717) is 24.8 Å². The Balaban J connectivity index is 1.16. The summed E-state index contributed by atoms with van der Waals surface area (Å²) in [5, 5.41) is 8.03. The molecule has 1 fully saturated rings. The highest BCUT2D eigenvalue weighted by Gasteiger charge is 2.26. The molecular weight excluding hydrogens is 468 g/mol. The Kier molecular flexibility index (Phi) is 9.02. The van der Waals surface area contributed by atoms with E-state index in [1.165, 1.54) is 5.56 Å². The average molecular weight is 499 g/mol. The first-order valence-corrected chi connectivity index (χ1v) is 13.3. The number of likely N-dealkylation sites (tertiary alicyclic amines) is 1. The van der Waals surface area contributed by atoms with E-state index in [1.807, 2.05) is 55.1 Å². The molecule has 4 rings (SSSR count). The van der Waals surface area contributed by atoms with E-state index >= 15 is 0 Å². The molecule has 1 atom stereocenters. The molecule has 2 heterocycles. The number of thioether (sulfide) groups is 1. The van der Waals surface area contributed by atoms with E-state index in [2.05, 4.69) is 32.5 Å². The number of aryl methyl sites for hydroxylation is 1. The average Bonchev–Trinajstić information content (AvgIpc) is 3.31. The van der Waals surface area contributed by atoms with E-state index in [-0.39, 0.29) is 11.8 Å². The second-order valence-corrected chi connectivity index (χ2v) is 10.3. The molecule has 1 aliphatic heterocycles. The lowest BCUT2D eigenvalue weighted by Gasteiger charge is -2.30. The second kappa shape index (κ2) is 12.4. The number of hydrogen-bond acceptors (Lipinski definition) is 6. The molecule has 0 spiro atoms. The Bertz CT molecular complexity index is 1070. The van der Waals surface area contributed by atoms with Crippen LogP contribution >= 0.6 is 23.4 Å². The van der Waals surface area contributed by atoms with Crippen LogP contribution in [0, 0.1) is 12.8 Å². The van der Waals surface area contributed by atoms with Gasteiger partial charge in [-0.3, -0.25) is 9.69 Å². The molecule has 1 aromatic heterocycles. The molecule has 0 radical (unpaired) electrons. The van der Waals surface area contributed by atoms with Gasteiger partial charge in [-0.1, -0.05) is 52.7 Å².